The van der Waals surface area contributed by atoms with Crippen molar-refractivity contribution in [1.29, 1.82) is 0 Å². The molecule has 7 heteroatoms. The first kappa shape index (κ1) is 15.4. The second-order valence-corrected chi connectivity index (χ2v) is 6.20. The lowest BCUT2D eigenvalue weighted by Gasteiger charge is -2.31. The third-order valence-corrected chi connectivity index (χ3v) is 4.47. The molecule has 0 aliphatic carbocycles. The van der Waals surface area contributed by atoms with Gasteiger partial charge < -0.3 is 15.2 Å². The van der Waals surface area contributed by atoms with Gasteiger partial charge in [0.25, 0.3) is 0 Å². The van der Waals surface area contributed by atoms with E-state index >= 15 is 0 Å². The Kier molecular flexibility index (Phi) is 4.20. The molecule has 0 radical (unpaired) electrons. The van der Waals surface area contributed by atoms with Crippen molar-refractivity contribution in [1.82, 2.24) is 24.6 Å². The Hall–Kier alpha value is -3.09. The number of carbonyl (C=O) groups excluding carboxylic acids is 1. The number of aromatic nitrogens is 4. The topological polar surface area (TPSA) is 78.8 Å². The van der Waals surface area contributed by atoms with Gasteiger partial charge in [0.2, 0.25) is 0 Å². The van der Waals surface area contributed by atoms with E-state index in [0.29, 0.717) is 12.2 Å². The maximum Gasteiger partial charge on any atom is 0.321 e. The lowest BCUT2D eigenvalue weighted by molar-refractivity contribution is 0.191. The van der Waals surface area contributed by atoms with E-state index < -0.39 is 0 Å². The van der Waals surface area contributed by atoms with E-state index in [-0.39, 0.29) is 11.9 Å². The molecule has 4 rings (SSSR count). The summed E-state index contributed by atoms with van der Waals surface area (Å²) >= 11 is 0. The lowest BCUT2D eigenvalue weighted by Crippen LogP contribution is -2.41. The average molecular weight is 336 g/mol. The van der Waals surface area contributed by atoms with Crippen LogP contribution in [-0.2, 0) is 0 Å². The lowest BCUT2D eigenvalue weighted by atomic mass is 9.98. The SMILES string of the molecule is O=C(Nc1cnn(-c2ccccc2)c1)N1CCC[C@@H](c2ncc[nH]2)C1. The molecular formula is C18H20N6O. The minimum absolute atomic E-state index is 0.0936. The summed E-state index contributed by atoms with van der Waals surface area (Å²) < 4.78 is 1.75. The summed E-state index contributed by atoms with van der Waals surface area (Å²) in [6, 6.07) is 9.72. The number of H-pyrrole nitrogens is 1. The van der Waals surface area contributed by atoms with Crippen LogP contribution in [-0.4, -0.2) is 43.8 Å². The number of nitrogens with one attached hydrogen (secondary N) is 2. The molecule has 1 atom stereocenters. The zero-order chi connectivity index (χ0) is 17.1. The molecule has 1 aliphatic heterocycles. The minimum atomic E-state index is -0.0936. The number of aromatic amines is 1. The first-order chi connectivity index (χ1) is 12.3. The normalized spacial score (nSPS) is 17.4. The zero-order valence-corrected chi connectivity index (χ0v) is 13.8. The highest BCUT2D eigenvalue weighted by atomic mass is 16.2. The number of rotatable bonds is 3. The first-order valence-electron chi connectivity index (χ1n) is 8.45. The van der Waals surface area contributed by atoms with Gasteiger partial charge in [0, 0.05) is 31.4 Å². The third kappa shape index (κ3) is 3.40. The maximum atomic E-state index is 12.6. The Morgan fingerprint density at radius 3 is 2.96 bits per heavy atom. The van der Waals surface area contributed by atoms with Gasteiger partial charge in [0.05, 0.1) is 23.8 Å². The highest BCUT2D eigenvalue weighted by Gasteiger charge is 2.26. The smallest absolute Gasteiger partial charge is 0.321 e. The molecule has 128 valence electrons. The summed E-state index contributed by atoms with van der Waals surface area (Å²) in [6.45, 7) is 1.43. The highest BCUT2D eigenvalue weighted by molar-refractivity contribution is 5.89. The van der Waals surface area contributed by atoms with Gasteiger partial charge >= 0.3 is 6.03 Å². The Bertz CT molecular complexity index is 826. The van der Waals surface area contributed by atoms with Gasteiger partial charge in [0.1, 0.15) is 5.82 Å². The van der Waals surface area contributed by atoms with Crippen LogP contribution in [0.2, 0.25) is 0 Å². The van der Waals surface area contributed by atoms with Gasteiger partial charge in [0.15, 0.2) is 0 Å². The van der Waals surface area contributed by atoms with Crippen molar-refractivity contribution in [3.63, 3.8) is 0 Å². The fourth-order valence-electron chi connectivity index (χ4n) is 3.20. The van der Waals surface area contributed by atoms with E-state index in [1.165, 1.54) is 0 Å². The van der Waals surface area contributed by atoms with Crippen LogP contribution in [0.5, 0.6) is 0 Å². The molecule has 0 spiro atoms. The maximum absolute atomic E-state index is 12.6. The summed E-state index contributed by atoms with van der Waals surface area (Å²) in [5, 5.41) is 7.25. The van der Waals surface area contributed by atoms with Crippen molar-refractivity contribution in [2.45, 2.75) is 18.8 Å². The van der Waals surface area contributed by atoms with E-state index in [0.717, 1.165) is 30.9 Å². The van der Waals surface area contributed by atoms with Gasteiger partial charge in [-0.2, -0.15) is 5.10 Å². The van der Waals surface area contributed by atoms with Crippen LogP contribution in [0.3, 0.4) is 0 Å². The van der Waals surface area contributed by atoms with Crippen molar-refractivity contribution in [3.05, 3.63) is 60.9 Å². The monoisotopic (exact) mass is 336 g/mol. The number of urea groups is 1. The average Bonchev–Trinajstić information content (AvgIpc) is 3.35. The van der Waals surface area contributed by atoms with Crippen molar-refractivity contribution < 1.29 is 4.79 Å². The molecule has 2 aromatic heterocycles. The number of piperidine rings is 1. The molecule has 3 aromatic rings. The molecule has 2 amide bonds. The number of benzene rings is 1. The van der Waals surface area contributed by atoms with Crippen molar-refractivity contribution in [2.24, 2.45) is 0 Å². The molecular weight excluding hydrogens is 316 g/mol. The zero-order valence-electron chi connectivity index (χ0n) is 13.8. The fourth-order valence-corrected chi connectivity index (χ4v) is 3.20. The van der Waals surface area contributed by atoms with Gasteiger partial charge in [-0.3, -0.25) is 0 Å². The van der Waals surface area contributed by atoms with Crippen molar-refractivity contribution in [3.8, 4) is 5.69 Å². The fraction of sp³-hybridized carbons (Fsp3) is 0.278. The van der Waals surface area contributed by atoms with Crippen LogP contribution in [0.15, 0.2) is 55.1 Å². The third-order valence-electron chi connectivity index (χ3n) is 4.47. The molecule has 1 saturated heterocycles. The Labute approximate surface area is 145 Å². The summed E-state index contributed by atoms with van der Waals surface area (Å²) in [5.41, 5.74) is 1.65. The number of likely N-dealkylation sites (tertiary alicyclic amines) is 1. The van der Waals surface area contributed by atoms with Gasteiger partial charge in [-0.25, -0.2) is 14.5 Å². The van der Waals surface area contributed by atoms with Gasteiger partial charge in [-0.15, -0.1) is 0 Å². The van der Waals surface area contributed by atoms with Crippen molar-refractivity contribution >= 4 is 11.7 Å². The van der Waals surface area contributed by atoms with E-state index in [2.05, 4.69) is 20.4 Å². The number of para-hydroxylation sites is 1. The quantitative estimate of drug-likeness (QED) is 0.772. The Morgan fingerprint density at radius 1 is 1.28 bits per heavy atom. The van der Waals surface area contributed by atoms with Crippen LogP contribution >= 0.6 is 0 Å². The van der Waals surface area contributed by atoms with E-state index in [9.17, 15) is 4.79 Å². The largest absolute Gasteiger partial charge is 0.348 e. The molecule has 1 fully saturated rings. The van der Waals surface area contributed by atoms with E-state index in [4.69, 9.17) is 0 Å². The number of carbonyl (C=O) groups is 1. The van der Waals surface area contributed by atoms with Crippen LogP contribution in [0.1, 0.15) is 24.6 Å². The number of hydrogen-bond donors (Lipinski definition) is 2. The van der Waals surface area contributed by atoms with Gasteiger partial charge in [-0.05, 0) is 25.0 Å². The number of amides is 2. The molecule has 7 nitrogen and oxygen atoms in total. The number of imidazole rings is 1. The second-order valence-electron chi connectivity index (χ2n) is 6.20. The molecule has 25 heavy (non-hydrogen) atoms. The number of anilines is 1. The molecule has 0 saturated carbocycles. The highest BCUT2D eigenvalue weighted by Crippen LogP contribution is 2.24. The minimum Gasteiger partial charge on any atom is -0.348 e. The molecule has 1 aliphatic rings. The van der Waals surface area contributed by atoms with Crippen LogP contribution < -0.4 is 5.32 Å². The predicted octanol–water partition coefficient (Wildman–Crippen LogP) is 3.01. The molecule has 0 unspecified atom stereocenters. The number of hydrogen-bond acceptors (Lipinski definition) is 3. The predicted molar refractivity (Wildman–Crippen MR) is 94.7 cm³/mol. The first-order valence-corrected chi connectivity index (χ1v) is 8.45. The van der Waals surface area contributed by atoms with E-state index in [1.807, 2.05) is 47.6 Å². The molecule has 3 heterocycles. The molecule has 2 N–H and O–H groups in total. The molecule has 1 aromatic carbocycles. The Morgan fingerprint density at radius 2 is 2.16 bits per heavy atom. The van der Waals surface area contributed by atoms with Crippen LogP contribution in [0.25, 0.3) is 5.69 Å². The van der Waals surface area contributed by atoms with Crippen LogP contribution in [0.4, 0.5) is 10.5 Å². The summed E-state index contributed by atoms with van der Waals surface area (Å²) in [4.78, 5) is 21.9. The van der Waals surface area contributed by atoms with Gasteiger partial charge in [-0.1, -0.05) is 18.2 Å². The second kappa shape index (κ2) is 6.80. The Balaban J connectivity index is 1.41. The van der Waals surface area contributed by atoms with E-state index in [1.54, 1.807) is 17.1 Å². The van der Waals surface area contributed by atoms with Crippen LogP contribution in [0, 0.1) is 0 Å². The van der Waals surface area contributed by atoms with Crippen molar-refractivity contribution in [2.75, 3.05) is 18.4 Å². The number of nitrogens with zero attached hydrogens (tertiary/aromatic N) is 4. The molecule has 0 bridgehead atoms. The summed E-state index contributed by atoms with van der Waals surface area (Å²) in [6.07, 6.45) is 9.09. The standard InChI is InChI=1S/C18H20N6O/c25-18(23-10-4-5-14(12-23)17-19-8-9-20-17)22-15-11-21-24(13-15)16-6-2-1-3-7-16/h1-3,6-9,11,13-14H,4-5,10,12H2,(H,19,20)(H,22,25)/t14-/m1/s1. The summed E-state index contributed by atoms with van der Waals surface area (Å²) in [5.74, 6) is 1.22. The summed E-state index contributed by atoms with van der Waals surface area (Å²) in [7, 11) is 0.